The van der Waals surface area contributed by atoms with E-state index in [1.54, 1.807) is 14.2 Å². The molecule has 1 aromatic carbocycles. The van der Waals surface area contributed by atoms with Crippen LogP contribution in [-0.2, 0) is 9.47 Å². The van der Waals surface area contributed by atoms with E-state index in [2.05, 4.69) is 5.43 Å². The summed E-state index contributed by atoms with van der Waals surface area (Å²) in [6, 6.07) is 9.33. The summed E-state index contributed by atoms with van der Waals surface area (Å²) in [6.45, 7) is 0. The Morgan fingerprint density at radius 2 is 1.94 bits per heavy atom. The highest BCUT2D eigenvalue weighted by Crippen LogP contribution is 2.26. The molecular formula is C12H16N2O3. The van der Waals surface area contributed by atoms with Gasteiger partial charge in [-0.3, -0.25) is 5.84 Å². The number of para-hydroxylation sites is 1. The van der Waals surface area contributed by atoms with Crippen LogP contribution >= 0.6 is 0 Å². The minimum Gasteiger partial charge on any atom is -0.459 e. The average Bonchev–Trinajstić information content (AvgIpc) is 2.78. The third-order valence-corrected chi connectivity index (χ3v) is 2.67. The van der Waals surface area contributed by atoms with Gasteiger partial charge in [0.15, 0.2) is 6.29 Å². The minimum absolute atomic E-state index is 0.350. The summed E-state index contributed by atoms with van der Waals surface area (Å²) in [5.41, 5.74) is 3.45. The maximum absolute atomic E-state index is 5.70. The molecule has 0 aliphatic carbocycles. The molecule has 0 aliphatic heterocycles. The Bertz CT molecular complexity index is 446. The Hall–Kier alpha value is -1.40. The maximum Gasteiger partial charge on any atom is 0.180 e. The van der Waals surface area contributed by atoms with Crippen LogP contribution < -0.4 is 11.3 Å². The van der Waals surface area contributed by atoms with Crippen molar-refractivity contribution < 1.29 is 13.9 Å². The van der Waals surface area contributed by atoms with Gasteiger partial charge in [-0.05, 0) is 12.1 Å². The lowest BCUT2D eigenvalue weighted by atomic mass is 10.2. The minimum atomic E-state index is -0.499. The van der Waals surface area contributed by atoms with Crippen molar-refractivity contribution in [2.75, 3.05) is 14.2 Å². The number of methoxy groups -OCH3 is 2. The summed E-state index contributed by atoms with van der Waals surface area (Å²) in [5.74, 6) is 6.19. The molecular weight excluding hydrogens is 220 g/mol. The Balaban J connectivity index is 2.36. The number of nitrogens with two attached hydrogens (primary N) is 1. The maximum atomic E-state index is 5.70. The molecule has 1 atom stereocenters. The highest BCUT2D eigenvalue weighted by atomic mass is 16.7. The van der Waals surface area contributed by atoms with Gasteiger partial charge < -0.3 is 13.9 Å². The summed E-state index contributed by atoms with van der Waals surface area (Å²) < 4.78 is 16.1. The number of ether oxygens (including phenoxy) is 2. The van der Waals surface area contributed by atoms with Gasteiger partial charge in [-0.2, -0.15) is 0 Å². The van der Waals surface area contributed by atoms with Crippen molar-refractivity contribution in [2.45, 2.75) is 12.3 Å². The number of fused-ring (bicyclic) bond motifs is 1. The van der Waals surface area contributed by atoms with E-state index in [0.29, 0.717) is 5.76 Å². The number of rotatable bonds is 5. The van der Waals surface area contributed by atoms with Crippen molar-refractivity contribution in [3.8, 4) is 0 Å². The number of benzene rings is 1. The van der Waals surface area contributed by atoms with E-state index < -0.39 is 6.29 Å². The molecule has 0 radical (unpaired) electrons. The van der Waals surface area contributed by atoms with Crippen molar-refractivity contribution in [2.24, 2.45) is 5.84 Å². The van der Waals surface area contributed by atoms with Crippen LogP contribution in [-0.4, -0.2) is 20.5 Å². The lowest BCUT2D eigenvalue weighted by Crippen LogP contribution is -2.38. The van der Waals surface area contributed by atoms with Crippen molar-refractivity contribution >= 4 is 11.0 Å². The van der Waals surface area contributed by atoms with Crippen molar-refractivity contribution in [1.29, 1.82) is 0 Å². The molecule has 5 heteroatoms. The molecule has 1 aromatic heterocycles. The van der Waals surface area contributed by atoms with Gasteiger partial charge in [0.2, 0.25) is 0 Å². The molecule has 1 heterocycles. The molecule has 92 valence electrons. The first-order valence-electron chi connectivity index (χ1n) is 5.30. The Morgan fingerprint density at radius 1 is 1.24 bits per heavy atom. The van der Waals surface area contributed by atoms with Gasteiger partial charge >= 0.3 is 0 Å². The number of furan rings is 1. The van der Waals surface area contributed by atoms with Gasteiger partial charge in [-0.25, -0.2) is 5.43 Å². The monoisotopic (exact) mass is 236 g/mol. The second-order valence-corrected chi connectivity index (χ2v) is 3.67. The van der Waals surface area contributed by atoms with Crippen LogP contribution in [0, 0.1) is 0 Å². The summed E-state index contributed by atoms with van der Waals surface area (Å²) in [4.78, 5) is 0. The predicted octanol–water partition coefficient (Wildman–Crippen LogP) is 1.56. The van der Waals surface area contributed by atoms with Crippen molar-refractivity contribution in [1.82, 2.24) is 5.43 Å². The third kappa shape index (κ3) is 2.32. The molecule has 2 rings (SSSR count). The summed E-state index contributed by atoms with van der Waals surface area (Å²) in [7, 11) is 3.11. The second kappa shape index (κ2) is 5.29. The highest BCUT2D eigenvalue weighted by Gasteiger charge is 2.25. The van der Waals surface area contributed by atoms with Gasteiger partial charge in [-0.15, -0.1) is 0 Å². The fourth-order valence-corrected chi connectivity index (χ4v) is 1.82. The van der Waals surface area contributed by atoms with Crippen LogP contribution in [0.3, 0.4) is 0 Å². The first-order chi connectivity index (χ1) is 8.30. The smallest absolute Gasteiger partial charge is 0.180 e. The Labute approximate surface area is 99.5 Å². The number of hydrogen-bond acceptors (Lipinski definition) is 5. The molecule has 17 heavy (non-hydrogen) atoms. The average molecular weight is 236 g/mol. The van der Waals surface area contributed by atoms with Crippen LogP contribution in [0.5, 0.6) is 0 Å². The Kier molecular flexibility index (Phi) is 3.75. The number of hydrazine groups is 1. The molecule has 0 amide bonds. The first kappa shape index (κ1) is 12.1. The van der Waals surface area contributed by atoms with E-state index in [0.717, 1.165) is 11.0 Å². The molecule has 0 bridgehead atoms. The SMILES string of the molecule is COC(OC)C(NN)c1cc2ccccc2o1. The van der Waals surface area contributed by atoms with Gasteiger partial charge in [0.05, 0.1) is 0 Å². The molecule has 3 N–H and O–H groups in total. The summed E-state index contributed by atoms with van der Waals surface area (Å²) in [5, 5.41) is 1.02. The zero-order chi connectivity index (χ0) is 12.3. The summed E-state index contributed by atoms with van der Waals surface area (Å²) in [6.07, 6.45) is -0.499. The van der Waals surface area contributed by atoms with Crippen molar-refractivity contribution in [3.63, 3.8) is 0 Å². The van der Waals surface area contributed by atoms with Gasteiger partial charge in [-0.1, -0.05) is 18.2 Å². The van der Waals surface area contributed by atoms with Crippen LogP contribution in [0.4, 0.5) is 0 Å². The second-order valence-electron chi connectivity index (χ2n) is 3.67. The van der Waals surface area contributed by atoms with Gasteiger partial charge in [0.25, 0.3) is 0 Å². The number of hydrogen-bond donors (Lipinski definition) is 2. The van der Waals surface area contributed by atoms with Crippen LogP contribution in [0.25, 0.3) is 11.0 Å². The van der Waals surface area contributed by atoms with E-state index in [4.69, 9.17) is 19.7 Å². The molecule has 0 saturated carbocycles. The molecule has 0 spiro atoms. The predicted molar refractivity (Wildman–Crippen MR) is 64.1 cm³/mol. The highest BCUT2D eigenvalue weighted by molar-refractivity contribution is 5.77. The lowest BCUT2D eigenvalue weighted by Gasteiger charge is -2.21. The standard InChI is InChI=1S/C12H16N2O3/c1-15-12(16-2)11(14-13)10-7-8-5-3-4-6-9(8)17-10/h3-7,11-12,14H,13H2,1-2H3. The topological polar surface area (TPSA) is 69.7 Å². The zero-order valence-electron chi connectivity index (χ0n) is 9.84. The Morgan fingerprint density at radius 3 is 2.53 bits per heavy atom. The summed E-state index contributed by atoms with van der Waals surface area (Å²) >= 11 is 0. The number of nitrogens with one attached hydrogen (secondary N) is 1. The van der Waals surface area contributed by atoms with Crippen LogP contribution in [0.15, 0.2) is 34.7 Å². The normalized spacial score (nSPS) is 13.4. The lowest BCUT2D eigenvalue weighted by molar-refractivity contribution is -0.127. The van der Waals surface area contributed by atoms with E-state index in [1.807, 2.05) is 30.3 Å². The van der Waals surface area contributed by atoms with Crippen molar-refractivity contribution in [3.05, 3.63) is 36.1 Å². The largest absolute Gasteiger partial charge is 0.459 e. The van der Waals surface area contributed by atoms with Crippen LogP contribution in [0.2, 0.25) is 0 Å². The van der Waals surface area contributed by atoms with Crippen LogP contribution in [0.1, 0.15) is 11.8 Å². The van der Waals surface area contributed by atoms with E-state index in [1.165, 1.54) is 0 Å². The fourth-order valence-electron chi connectivity index (χ4n) is 1.82. The molecule has 0 fully saturated rings. The molecule has 1 unspecified atom stereocenters. The first-order valence-corrected chi connectivity index (χ1v) is 5.30. The quantitative estimate of drug-likeness (QED) is 0.468. The van der Waals surface area contributed by atoms with E-state index in [-0.39, 0.29) is 6.04 Å². The molecule has 0 aliphatic rings. The van der Waals surface area contributed by atoms with E-state index >= 15 is 0 Å². The van der Waals surface area contributed by atoms with Gasteiger partial charge in [0.1, 0.15) is 17.4 Å². The fraction of sp³-hybridized carbons (Fsp3) is 0.333. The molecule has 2 aromatic rings. The zero-order valence-corrected chi connectivity index (χ0v) is 9.84. The van der Waals surface area contributed by atoms with E-state index in [9.17, 15) is 0 Å². The third-order valence-electron chi connectivity index (χ3n) is 2.67. The van der Waals surface area contributed by atoms with Gasteiger partial charge in [0, 0.05) is 19.6 Å². The molecule has 0 saturated heterocycles. The molecule has 5 nitrogen and oxygen atoms in total.